The van der Waals surface area contributed by atoms with Crippen molar-refractivity contribution in [2.24, 2.45) is 11.8 Å². The second-order valence-corrected chi connectivity index (χ2v) is 19.9. The second kappa shape index (κ2) is 16.2. The number of hydrogen-bond donors (Lipinski definition) is 1. The molecule has 0 amide bonds. The molecule has 1 saturated carbocycles. The van der Waals surface area contributed by atoms with Gasteiger partial charge in [-0.3, -0.25) is 4.57 Å². The summed E-state index contributed by atoms with van der Waals surface area (Å²) in [7, 11) is -1.15. The molecular formula is C29H59O5PSi. The van der Waals surface area contributed by atoms with Crippen molar-refractivity contribution in [3.05, 3.63) is 12.2 Å². The molecule has 0 aliphatic heterocycles. The zero-order valence-corrected chi connectivity index (χ0v) is 26.9. The third kappa shape index (κ3) is 11.4. The molecule has 7 heteroatoms. The maximum Gasteiger partial charge on any atom is 0.200 e. The molecule has 1 N–H and O–H groups in total. The first-order chi connectivity index (χ1) is 16.8. The predicted molar refractivity (Wildman–Crippen MR) is 157 cm³/mol. The van der Waals surface area contributed by atoms with Crippen molar-refractivity contribution in [3.63, 3.8) is 0 Å². The molecule has 2 unspecified atom stereocenters. The number of ether oxygens (including phenoxy) is 2. The molecule has 0 saturated heterocycles. The van der Waals surface area contributed by atoms with Crippen molar-refractivity contribution < 1.29 is 23.4 Å². The Kier molecular flexibility index (Phi) is 15.3. The summed E-state index contributed by atoms with van der Waals surface area (Å²) in [5.74, 6) is 0.749. The maximum atomic E-state index is 11.9. The molecular weight excluding hydrogens is 487 g/mol. The highest BCUT2D eigenvalue weighted by Crippen LogP contribution is 2.45. The minimum absolute atomic E-state index is 0.155. The lowest BCUT2D eigenvalue weighted by molar-refractivity contribution is 0.0744. The second-order valence-electron chi connectivity index (χ2n) is 12.4. The van der Waals surface area contributed by atoms with Crippen LogP contribution in [0.4, 0.5) is 0 Å². The van der Waals surface area contributed by atoms with Crippen LogP contribution in [0.25, 0.3) is 0 Å². The van der Waals surface area contributed by atoms with Gasteiger partial charge < -0.3 is 18.8 Å². The quantitative estimate of drug-likeness (QED) is 0.0809. The van der Waals surface area contributed by atoms with Crippen molar-refractivity contribution in [1.82, 2.24) is 0 Å². The SMILES string of the molecule is CCCCC[C@@H](C=C[C@H]1[C@H](OC)CC(O[Si](C)(C)C(C)(C)C)[C@@H]1CCCCCCP(=O)(O)CC)OC. The summed E-state index contributed by atoms with van der Waals surface area (Å²) >= 11 is 0. The van der Waals surface area contributed by atoms with Gasteiger partial charge in [0.2, 0.25) is 0 Å². The Morgan fingerprint density at radius 1 is 1.03 bits per heavy atom. The van der Waals surface area contributed by atoms with Crippen molar-refractivity contribution in [2.45, 2.75) is 135 Å². The third-order valence-electron chi connectivity index (χ3n) is 8.65. The van der Waals surface area contributed by atoms with E-state index in [0.29, 0.717) is 24.2 Å². The summed E-state index contributed by atoms with van der Waals surface area (Å²) in [6.45, 7) is 15.7. The van der Waals surface area contributed by atoms with Crippen LogP contribution >= 0.6 is 7.37 Å². The molecule has 0 aromatic carbocycles. The highest BCUT2D eigenvalue weighted by molar-refractivity contribution is 7.57. The van der Waals surface area contributed by atoms with Crippen LogP contribution in [-0.4, -0.2) is 58.1 Å². The van der Waals surface area contributed by atoms with E-state index in [1.54, 1.807) is 6.92 Å². The highest BCUT2D eigenvalue weighted by Gasteiger charge is 2.47. The Hall–Kier alpha value is 0.0269. The van der Waals surface area contributed by atoms with Crippen molar-refractivity contribution in [2.75, 3.05) is 26.5 Å². The molecule has 6 atom stereocenters. The van der Waals surface area contributed by atoms with E-state index in [1.807, 2.05) is 14.2 Å². The Morgan fingerprint density at radius 3 is 2.25 bits per heavy atom. The van der Waals surface area contributed by atoms with Crippen LogP contribution in [0.1, 0.15) is 98.8 Å². The van der Waals surface area contributed by atoms with Gasteiger partial charge >= 0.3 is 0 Å². The van der Waals surface area contributed by atoms with Crippen LogP contribution < -0.4 is 0 Å². The molecule has 0 bridgehead atoms. The first-order valence-corrected chi connectivity index (χ1v) is 19.5. The van der Waals surface area contributed by atoms with Gasteiger partial charge in [-0.1, -0.05) is 85.3 Å². The number of rotatable bonds is 18. The van der Waals surface area contributed by atoms with Gasteiger partial charge in [0.25, 0.3) is 0 Å². The molecule has 214 valence electrons. The molecule has 5 nitrogen and oxygen atoms in total. The average molecular weight is 547 g/mol. The Morgan fingerprint density at radius 2 is 1.69 bits per heavy atom. The van der Waals surface area contributed by atoms with Gasteiger partial charge in [0.05, 0.1) is 18.3 Å². The molecule has 0 aromatic heterocycles. The number of hydrogen-bond acceptors (Lipinski definition) is 4. The van der Waals surface area contributed by atoms with E-state index in [2.05, 4.69) is 52.9 Å². The Balaban J connectivity index is 2.94. The van der Waals surface area contributed by atoms with Crippen molar-refractivity contribution >= 4 is 15.7 Å². The topological polar surface area (TPSA) is 65.0 Å². The maximum absolute atomic E-state index is 11.9. The third-order valence-corrected chi connectivity index (χ3v) is 15.2. The van der Waals surface area contributed by atoms with Crippen LogP contribution in [0, 0.1) is 11.8 Å². The summed E-state index contributed by atoms with van der Waals surface area (Å²) in [4.78, 5) is 9.86. The normalized spacial score (nSPS) is 25.9. The van der Waals surface area contributed by atoms with Gasteiger partial charge in [-0.15, -0.1) is 0 Å². The van der Waals surface area contributed by atoms with Gasteiger partial charge in [-0.25, -0.2) is 0 Å². The van der Waals surface area contributed by atoms with Crippen LogP contribution in [0.3, 0.4) is 0 Å². The zero-order valence-electron chi connectivity index (χ0n) is 25.1. The molecule has 0 aromatic rings. The van der Waals surface area contributed by atoms with E-state index >= 15 is 0 Å². The summed E-state index contributed by atoms with van der Waals surface area (Å²) in [5.41, 5.74) is 0. The fourth-order valence-corrected chi connectivity index (χ4v) is 7.48. The monoisotopic (exact) mass is 546 g/mol. The fraction of sp³-hybridized carbons (Fsp3) is 0.931. The first-order valence-electron chi connectivity index (χ1n) is 14.5. The molecule has 0 heterocycles. The predicted octanol–water partition coefficient (Wildman–Crippen LogP) is 8.42. The van der Waals surface area contributed by atoms with Gasteiger partial charge in [-0.2, -0.15) is 0 Å². The molecule has 0 radical (unpaired) electrons. The summed E-state index contributed by atoms with van der Waals surface area (Å²) < 4.78 is 30.8. The first kappa shape index (κ1) is 34.1. The lowest BCUT2D eigenvalue weighted by Gasteiger charge is -2.40. The van der Waals surface area contributed by atoms with Gasteiger partial charge in [0.1, 0.15) is 0 Å². The van der Waals surface area contributed by atoms with E-state index < -0.39 is 15.7 Å². The van der Waals surface area contributed by atoms with E-state index in [1.165, 1.54) is 19.3 Å². The van der Waals surface area contributed by atoms with Crippen LogP contribution in [0.5, 0.6) is 0 Å². The summed E-state index contributed by atoms with van der Waals surface area (Å²) in [6, 6.07) is 0. The van der Waals surface area contributed by atoms with E-state index in [0.717, 1.165) is 44.9 Å². The molecule has 1 fully saturated rings. The van der Waals surface area contributed by atoms with Crippen LogP contribution in [0.2, 0.25) is 18.1 Å². The summed E-state index contributed by atoms with van der Waals surface area (Å²) in [5, 5.41) is 0.173. The summed E-state index contributed by atoms with van der Waals surface area (Å²) in [6.07, 6.45) is 16.9. The molecule has 1 aliphatic rings. The van der Waals surface area contributed by atoms with E-state index in [4.69, 9.17) is 13.9 Å². The lowest BCUT2D eigenvalue weighted by Crippen LogP contribution is -2.45. The Labute approximate surface area is 224 Å². The number of methoxy groups -OCH3 is 2. The largest absolute Gasteiger partial charge is 0.414 e. The minimum Gasteiger partial charge on any atom is -0.414 e. The highest BCUT2D eigenvalue weighted by atomic mass is 31.2. The van der Waals surface area contributed by atoms with Crippen molar-refractivity contribution in [3.8, 4) is 0 Å². The Bertz CT molecular complexity index is 675. The van der Waals surface area contributed by atoms with Gasteiger partial charge in [0.15, 0.2) is 15.7 Å². The molecule has 36 heavy (non-hydrogen) atoms. The fourth-order valence-electron chi connectivity index (χ4n) is 5.06. The van der Waals surface area contributed by atoms with E-state index in [9.17, 15) is 9.46 Å². The number of unbranched alkanes of at least 4 members (excludes halogenated alkanes) is 5. The van der Waals surface area contributed by atoms with E-state index in [-0.39, 0.29) is 23.4 Å². The molecule has 1 aliphatic carbocycles. The van der Waals surface area contributed by atoms with Crippen molar-refractivity contribution in [1.29, 1.82) is 0 Å². The smallest absolute Gasteiger partial charge is 0.200 e. The van der Waals surface area contributed by atoms with Crippen LogP contribution in [-0.2, 0) is 18.5 Å². The van der Waals surface area contributed by atoms with Gasteiger partial charge in [-0.05, 0) is 49.7 Å². The van der Waals surface area contributed by atoms with Gasteiger partial charge in [0, 0.05) is 32.5 Å². The zero-order chi connectivity index (χ0) is 27.4. The minimum atomic E-state index is -2.90. The molecule has 0 spiro atoms. The lowest BCUT2D eigenvalue weighted by atomic mass is 9.87. The standard InChI is InChI=1S/C29H59O5PSi/c1-10-12-15-18-24(32-6)20-21-26-25(19-16-13-14-17-22-35(30,31)11-2)28(23-27(26)33-7)34-36(8,9)29(3,4)5/h20-21,24-28H,10-19,22-23H2,1-9H3,(H,30,31)/t24-,25+,26+,27+,28?/m0/s1. The average Bonchev–Trinajstić information content (AvgIpc) is 3.13. The molecule has 1 rings (SSSR count). The van der Waals surface area contributed by atoms with Crippen LogP contribution in [0.15, 0.2) is 12.2 Å².